The lowest BCUT2D eigenvalue weighted by Gasteiger charge is -2.33. The van der Waals surface area contributed by atoms with Gasteiger partial charge in [0, 0.05) is 13.1 Å². The number of carbonyl (C=O) groups is 1. The molecule has 0 bridgehead atoms. The van der Waals surface area contributed by atoms with Crippen LogP contribution in [0.2, 0.25) is 0 Å². The second kappa shape index (κ2) is 9.63. The highest BCUT2D eigenvalue weighted by Crippen LogP contribution is 2.20. The van der Waals surface area contributed by atoms with E-state index in [9.17, 15) is 4.79 Å². The molecule has 5 nitrogen and oxygen atoms in total. The fraction of sp³-hybridized carbons (Fsp3) is 0.588. The molecule has 1 heterocycles. The molecule has 0 spiro atoms. The molecule has 1 saturated heterocycles. The first-order chi connectivity index (χ1) is 10.6. The van der Waals surface area contributed by atoms with Crippen LogP contribution in [0.1, 0.15) is 19.8 Å². The Bertz CT molecular complexity index is 473. The van der Waals surface area contributed by atoms with Crippen molar-refractivity contribution >= 4 is 18.3 Å². The van der Waals surface area contributed by atoms with Gasteiger partial charge in [0.1, 0.15) is 11.5 Å². The molecule has 1 aliphatic heterocycles. The maximum atomic E-state index is 12.5. The number of carbonyl (C=O) groups excluding carboxylic acids is 1. The highest BCUT2D eigenvalue weighted by Gasteiger charge is 2.26. The number of hydrogen-bond donors (Lipinski definition) is 1. The van der Waals surface area contributed by atoms with E-state index < -0.39 is 6.10 Å². The fourth-order valence-corrected chi connectivity index (χ4v) is 2.81. The van der Waals surface area contributed by atoms with Crippen LogP contribution in [-0.4, -0.2) is 50.7 Å². The number of amides is 1. The number of hydrogen-bond acceptors (Lipinski definition) is 4. The molecule has 0 aromatic heterocycles. The number of rotatable bonds is 6. The van der Waals surface area contributed by atoms with Crippen molar-refractivity contribution in [2.24, 2.45) is 5.92 Å². The van der Waals surface area contributed by atoms with E-state index in [-0.39, 0.29) is 18.3 Å². The third-order valence-electron chi connectivity index (χ3n) is 4.14. The van der Waals surface area contributed by atoms with Crippen LogP contribution in [0.4, 0.5) is 0 Å². The molecule has 23 heavy (non-hydrogen) atoms. The third kappa shape index (κ3) is 5.59. The molecule has 1 unspecified atom stereocenters. The van der Waals surface area contributed by atoms with E-state index in [1.807, 2.05) is 43.1 Å². The van der Waals surface area contributed by atoms with Gasteiger partial charge in [-0.25, -0.2) is 0 Å². The summed E-state index contributed by atoms with van der Waals surface area (Å²) in [6, 6.07) is 7.30. The normalized spacial score (nSPS) is 16.4. The van der Waals surface area contributed by atoms with Crippen LogP contribution in [0.25, 0.3) is 0 Å². The number of halogens is 1. The van der Waals surface area contributed by atoms with E-state index in [4.69, 9.17) is 9.47 Å². The number of nitrogens with one attached hydrogen (secondary N) is 1. The maximum absolute atomic E-state index is 12.5. The Hall–Kier alpha value is -1.46. The van der Waals surface area contributed by atoms with Crippen LogP contribution >= 0.6 is 12.4 Å². The van der Waals surface area contributed by atoms with Gasteiger partial charge in [-0.05, 0) is 63.5 Å². The topological polar surface area (TPSA) is 50.8 Å². The first-order valence-electron chi connectivity index (χ1n) is 7.88. The number of piperidine rings is 1. The predicted octanol–water partition coefficient (Wildman–Crippen LogP) is 2.34. The lowest BCUT2D eigenvalue weighted by molar-refractivity contribution is -0.139. The average molecular weight is 343 g/mol. The van der Waals surface area contributed by atoms with Crippen molar-refractivity contribution in [3.63, 3.8) is 0 Å². The standard InChI is InChI=1S/C17H26N2O3.ClH/c1-13(22-16-6-4-15(21-3)5-7-16)17(20)19-10-8-14(9-11-19)12-18-2;/h4-7,13-14,18H,8-12H2,1-3H3;1H. The van der Waals surface area contributed by atoms with Crippen LogP contribution < -0.4 is 14.8 Å². The van der Waals surface area contributed by atoms with Gasteiger partial charge in [-0.15, -0.1) is 12.4 Å². The lowest BCUT2D eigenvalue weighted by atomic mass is 9.96. The Balaban J connectivity index is 0.00000264. The van der Waals surface area contributed by atoms with Gasteiger partial charge in [0.2, 0.25) is 0 Å². The smallest absolute Gasteiger partial charge is 0.263 e. The summed E-state index contributed by atoms with van der Waals surface area (Å²) in [6.45, 7) is 4.48. The van der Waals surface area contributed by atoms with E-state index in [1.54, 1.807) is 7.11 Å². The molecule has 1 aromatic rings. The molecule has 1 N–H and O–H groups in total. The zero-order valence-electron chi connectivity index (χ0n) is 14.1. The predicted molar refractivity (Wildman–Crippen MR) is 93.6 cm³/mol. The number of benzene rings is 1. The van der Waals surface area contributed by atoms with Crippen LogP contribution in [0.3, 0.4) is 0 Å². The van der Waals surface area contributed by atoms with Crippen molar-refractivity contribution in [3.8, 4) is 11.5 Å². The average Bonchev–Trinajstić information content (AvgIpc) is 2.56. The molecule has 0 saturated carbocycles. The molecule has 1 atom stereocenters. The van der Waals surface area contributed by atoms with Gasteiger partial charge in [0.15, 0.2) is 6.10 Å². The van der Waals surface area contributed by atoms with E-state index in [0.29, 0.717) is 11.7 Å². The van der Waals surface area contributed by atoms with Gasteiger partial charge in [0.05, 0.1) is 7.11 Å². The van der Waals surface area contributed by atoms with E-state index >= 15 is 0 Å². The van der Waals surface area contributed by atoms with Crippen molar-refractivity contribution in [1.29, 1.82) is 0 Å². The van der Waals surface area contributed by atoms with Gasteiger partial charge < -0.3 is 19.7 Å². The number of nitrogens with zero attached hydrogens (tertiary/aromatic N) is 1. The third-order valence-corrected chi connectivity index (χ3v) is 4.14. The molecule has 0 aliphatic carbocycles. The Morgan fingerprint density at radius 2 is 1.83 bits per heavy atom. The number of likely N-dealkylation sites (tertiary alicyclic amines) is 1. The summed E-state index contributed by atoms with van der Waals surface area (Å²) in [7, 11) is 3.60. The lowest BCUT2D eigenvalue weighted by Crippen LogP contribution is -2.45. The second-order valence-electron chi connectivity index (χ2n) is 5.76. The summed E-state index contributed by atoms with van der Waals surface area (Å²) in [5, 5.41) is 3.21. The molecule has 0 radical (unpaired) electrons. The zero-order chi connectivity index (χ0) is 15.9. The van der Waals surface area contributed by atoms with Gasteiger partial charge >= 0.3 is 0 Å². The minimum absolute atomic E-state index is 0. The van der Waals surface area contributed by atoms with E-state index in [2.05, 4.69) is 5.32 Å². The van der Waals surface area contributed by atoms with Crippen molar-refractivity contribution < 1.29 is 14.3 Å². The van der Waals surface area contributed by atoms with Crippen LogP contribution in [-0.2, 0) is 4.79 Å². The Morgan fingerprint density at radius 1 is 1.26 bits per heavy atom. The zero-order valence-corrected chi connectivity index (χ0v) is 14.9. The number of ether oxygens (including phenoxy) is 2. The van der Waals surface area contributed by atoms with Crippen LogP contribution in [0.5, 0.6) is 11.5 Å². The Kier molecular flexibility index (Phi) is 8.20. The van der Waals surface area contributed by atoms with E-state index in [0.717, 1.165) is 38.2 Å². The molecular formula is C17H27ClN2O3. The van der Waals surface area contributed by atoms with Gasteiger partial charge in [0.25, 0.3) is 5.91 Å². The largest absolute Gasteiger partial charge is 0.497 e. The molecular weight excluding hydrogens is 316 g/mol. The molecule has 6 heteroatoms. The molecule has 130 valence electrons. The quantitative estimate of drug-likeness (QED) is 0.862. The van der Waals surface area contributed by atoms with Crippen LogP contribution in [0.15, 0.2) is 24.3 Å². The molecule has 1 aliphatic rings. The first-order valence-corrected chi connectivity index (χ1v) is 7.88. The summed E-state index contributed by atoms with van der Waals surface area (Å²) in [4.78, 5) is 14.4. The summed E-state index contributed by atoms with van der Waals surface area (Å²) in [6.07, 6.45) is 1.65. The van der Waals surface area contributed by atoms with Crippen molar-refractivity contribution in [1.82, 2.24) is 10.2 Å². The van der Waals surface area contributed by atoms with Gasteiger partial charge in [-0.2, -0.15) is 0 Å². The molecule has 1 amide bonds. The SMILES string of the molecule is CNCC1CCN(C(=O)C(C)Oc2ccc(OC)cc2)CC1.Cl. The van der Waals surface area contributed by atoms with Gasteiger partial charge in [-0.3, -0.25) is 4.79 Å². The summed E-state index contributed by atoms with van der Waals surface area (Å²) < 4.78 is 10.9. The number of methoxy groups -OCH3 is 1. The fourth-order valence-electron chi connectivity index (χ4n) is 2.81. The van der Waals surface area contributed by atoms with E-state index in [1.165, 1.54) is 0 Å². The Labute approximate surface area is 144 Å². The Morgan fingerprint density at radius 3 is 2.35 bits per heavy atom. The minimum atomic E-state index is -0.464. The molecule has 2 rings (SSSR count). The first kappa shape index (κ1) is 19.6. The monoisotopic (exact) mass is 342 g/mol. The van der Waals surface area contributed by atoms with Gasteiger partial charge in [-0.1, -0.05) is 0 Å². The van der Waals surface area contributed by atoms with Crippen molar-refractivity contribution in [2.75, 3.05) is 33.8 Å². The summed E-state index contributed by atoms with van der Waals surface area (Å²) in [5.41, 5.74) is 0. The maximum Gasteiger partial charge on any atom is 0.263 e. The summed E-state index contributed by atoms with van der Waals surface area (Å²) in [5.74, 6) is 2.20. The second-order valence-corrected chi connectivity index (χ2v) is 5.76. The van der Waals surface area contributed by atoms with Crippen molar-refractivity contribution in [3.05, 3.63) is 24.3 Å². The molecule has 1 fully saturated rings. The van der Waals surface area contributed by atoms with Crippen molar-refractivity contribution in [2.45, 2.75) is 25.9 Å². The highest BCUT2D eigenvalue weighted by atomic mass is 35.5. The van der Waals surface area contributed by atoms with Crippen LogP contribution in [0, 0.1) is 5.92 Å². The summed E-state index contributed by atoms with van der Waals surface area (Å²) >= 11 is 0. The highest BCUT2D eigenvalue weighted by molar-refractivity contribution is 5.85. The molecule has 1 aromatic carbocycles. The minimum Gasteiger partial charge on any atom is -0.497 e.